The van der Waals surface area contributed by atoms with Crippen molar-refractivity contribution in [2.75, 3.05) is 5.32 Å². The number of anilines is 1. The van der Waals surface area contributed by atoms with Crippen LogP contribution in [-0.4, -0.2) is 23.1 Å². The van der Waals surface area contributed by atoms with Gasteiger partial charge in [0.1, 0.15) is 0 Å². The molecular weight excluding hydrogens is 320 g/mol. The highest BCUT2D eigenvalue weighted by molar-refractivity contribution is 8.00. The summed E-state index contributed by atoms with van der Waals surface area (Å²) in [5.74, 6) is -0.163. The number of carbonyl (C=O) groups excluding carboxylic acids is 2. The highest BCUT2D eigenvalue weighted by Crippen LogP contribution is 2.24. The molecule has 124 valence electrons. The van der Waals surface area contributed by atoms with Crippen LogP contribution in [-0.2, 0) is 4.79 Å². The Morgan fingerprint density at radius 1 is 1.08 bits per heavy atom. The molecule has 2 aromatic carbocycles. The molecule has 0 spiro atoms. The van der Waals surface area contributed by atoms with E-state index in [0.29, 0.717) is 17.3 Å². The molecule has 24 heavy (non-hydrogen) atoms. The van der Waals surface area contributed by atoms with Crippen molar-refractivity contribution in [3.63, 3.8) is 0 Å². The number of hydrogen-bond donors (Lipinski definition) is 2. The van der Waals surface area contributed by atoms with E-state index in [1.807, 2.05) is 37.3 Å². The molecule has 2 amide bonds. The molecule has 4 nitrogen and oxygen atoms in total. The quantitative estimate of drug-likeness (QED) is 0.788. The predicted octanol–water partition coefficient (Wildman–Crippen LogP) is 3.70. The number of rotatable bonds is 6. The standard InChI is InChI=1S/C19H20N2O2S/c1-13(24-17-8-3-2-4-9-17)18(22)21-16-7-5-6-14(12-16)19(23)20-15-10-11-15/h2-9,12-13,15H,10-11H2,1H3,(H,20,23)(H,21,22). The van der Waals surface area contributed by atoms with E-state index in [4.69, 9.17) is 0 Å². The van der Waals surface area contributed by atoms with Crippen molar-refractivity contribution in [1.29, 1.82) is 0 Å². The molecule has 5 heteroatoms. The van der Waals surface area contributed by atoms with Gasteiger partial charge in [0.15, 0.2) is 0 Å². The summed E-state index contributed by atoms with van der Waals surface area (Å²) in [7, 11) is 0. The Labute approximate surface area is 146 Å². The average molecular weight is 340 g/mol. The van der Waals surface area contributed by atoms with Gasteiger partial charge in [-0.05, 0) is 50.1 Å². The summed E-state index contributed by atoms with van der Waals surface area (Å²) in [6, 6.07) is 17.2. The zero-order valence-electron chi connectivity index (χ0n) is 13.5. The molecule has 0 aliphatic heterocycles. The SMILES string of the molecule is CC(Sc1ccccc1)C(=O)Nc1cccc(C(=O)NC2CC2)c1. The molecule has 1 fully saturated rings. The van der Waals surface area contributed by atoms with Crippen molar-refractivity contribution in [3.05, 3.63) is 60.2 Å². The van der Waals surface area contributed by atoms with Crippen molar-refractivity contribution in [2.24, 2.45) is 0 Å². The van der Waals surface area contributed by atoms with Gasteiger partial charge in [-0.2, -0.15) is 0 Å². The van der Waals surface area contributed by atoms with Crippen LogP contribution in [0.2, 0.25) is 0 Å². The summed E-state index contributed by atoms with van der Waals surface area (Å²) in [6.07, 6.45) is 2.10. The van der Waals surface area contributed by atoms with E-state index in [1.54, 1.807) is 24.3 Å². The van der Waals surface area contributed by atoms with E-state index in [2.05, 4.69) is 10.6 Å². The lowest BCUT2D eigenvalue weighted by molar-refractivity contribution is -0.115. The number of amides is 2. The van der Waals surface area contributed by atoms with Gasteiger partial charge in [0.25, 0.3) is 5.91 Å². The van der Waals surface area contributed by atoms with Gasteiger partial charge in [0, 0.05) is 22.2 Å². The monoisotopic (exact) mass is 340 g/mol. The molecule has 1 unspecified atom stereocenters. The molecule has 0 heterocycles. The Hall–Kier alpha value is -2.27. The maximum absolute atomic E-state index is 12.4. The van der Waals surface area contributed by atoms with Gasteiger partial charge in [-0.25, -0.2) is 0 Å². The maximum Gasteiger partial charge on any atom is 0.251 e. The molecule has 0 radical (unpaired) electrons. The zero-order valence-corrected chi connectivity index (χ0v) is 14.3. The van der Waals surface area contributed by atoms with Gasteiger partial charge in [-0.1, -0.05) is 24.3 Å². The van der Waals surface area contributed by atoms with Gasteiger partial charge in [-0.3, -0.25) is 9.59 Å². The van der Waals surface area contributed by atoms with E-state index in [0.717, 1.165) is 17.7 Å². The van der Waals surface area contributed by atoms with Gasteiger partial charge < -0.3 is 10.6 Å². The third-order valence-electron chi connectivity index (χ3n) is 3.73. The van der Waals surface area contributed by atoms with Crippen LogP contribution in [0.1, 0.15) is 30.1 Å². The maximum atomic E-state index is 12.4. The molecule has 1 saturated carbocycles. The van der Waals surface area contributed by atoms with Gasteiger partial charge in [-0.15, -0.1) is 11.8 Å². The average Bonchev–Trinajstić information content (AvgIpc) is 3.40. The van der Waals surface area contributed by atoms with Crippen LogP contribution < -0.4 is 10.6 Å². The van der Waals surface area contributed by atoms with Gasteiger partial charge in [0.2, 0.25) is 5.91 Å². The minimum Gasteiger partial charge on any atom is -0.349 e. The van der Waals surface area contributed by atoms with E-state index in [9.17, 15) is 9.59 Å². The first-order chi connectivity index (χ1) is 11.6. The Morgan fingerprint density at radius 3 is 2.54 bits per heavy atom. The number of benzene rings is 2. The van der Waals surface area contributed by atoms with E-state index < -0.39 is 0 Å². The molecule has 1 aliphatic carbocycles. The van der Waals surface area contributed by atoms with E-state index in [-0.39, 0.29) is 17.1 Å². The van der Waals surface area contributed by atoms with Gasteiger partial charge in [0.05, 0.1) is 5.25 Å². The summed E-state index contributed by atoms with van der Waals surface area (Å²) in [5, 5.41) is 5.61. The van der Waals surface area contributed by atoms with Crippen LogP contribution in [0.15, 0.2) is 59.5 Å². The number of carbonyl (C=O) groups is 2. The summed E-state index contributed by atoms with van der Waals surface area (Å²) in [4.78, 5) is 25.5. The Kier molecular flexibility index (Phi) is 5.20. The lowest BCUT2D eigenvalue weighted by Gasteiger charge is -2.13. The Balaban J connectivity index is 1.60. The molecule has 0 aromatic heterocycles. The van der Waals surface area contributed by atoms with Crippen LogP contribution in [0.25, 0.3) is 0 Å². The first-order valence-electron chi connectivity index (χ1n) is 8.05. The van der Waals surface area contributed by atoms with Crippen molar-refractivity contribution in [3.8, 4) is 0 Å². The summed E-state index contributed by atoms with van der Waals surface area (Å²) < 4.78 is 0. The largest absolute Gasteiger partial charge is 0.349 e. The Morgan fingerprint density at radius 2 is 1.83 bits per heavy atom. The molecule has 3 rings (SSSR count). The third-order valence-corrected chi connectivity index (χ3v) is 4.84. The van der Waals surface area contributed by atoms with E-state index in [1.165, 1.54) is 11.8 Å². The Bertz CT molecular complexity index is 729. The fraction of sp³-hybridized carbons (Fsp3) is 0.263. The minimum atomic E-state index is -0.226. The molecule has 1 aliphatic rings. The molecule has 0 saturated heterocycles. The van der Waals surface area contributed by atoms with Crippen LogP contribution in [0.4, 0.5) is 5.69 Å². The summed E-state index contributed by atoms with van der Waals surface area (Å²) >= 11 is 1.51. The summed E-state index contributed by atoms with van der Waals surface area (Å²) in [6.45, 7) is 1.87. The minimum absolute atomic E-state index is 0.0800. The first kappa shape index (κ1) is 16.6. The second-order valence-corrected chi connectivity index (χ2v) is 7.31. The van der Waals surface area contributed by atoms with Crippen LogP contribution >= 0.6 is 11.8 Å². The topological polar surface area (TPSA) is 58.2 Å². The lowest BCUT2D eigenvalue weighted by Crippen LogP contribution is -2.26. The van der Waals surface area contributed by atoms with E-state index >= 15 is 0 Å². The number of hydrogen-bond acceptors (Lipinski definition) is 3. The normalized spacial score (nSPS) is 14.7. The highest BCUT2D eigenvalue weighted by atomic mass is 32.2. The number of thioether (sulfide) groups is 1. The van der Waals surface area contributed by atoms with Crippen LogP contribution in [0.3, 0.4) is 0 Å². The molecule has 1 atom stereocenters. The summed E-state index contributed by atoms with van der Waals surface area (Å²) in [5.41, 5.74) is 1.21. The molecular formula is C19H20N2O2S. The van der Waals surface area contributed by atoms with Gasteiger partial charge >= 0.3 is 0 Å². The highest BCUT2D eigenvalue weighted by Gasteiger charge is 2.24. The molecule has 2 N–H and O–H groups in total. The fourth-order valence-corrected chi connectivity index (χ4v) is 3.12. The predicted molar refractivity (Wildman–Crippen MR) is 97.3 cm³/mol. The van der Waals surface area contributed by atoms with Crippen LogP contribution in [0.5, 0.6) is 0 Å². The van der Waals surface area contributed by atoms with Crippen molar-refractivity contribution in [2.45, 2.75) is 36.0 Å². The van der Waals surface area contributed by atoms with Crippen molar-refractivity contribution in [1.82, 2.24) is 5.32 Å². The number of nitrogens with one attached hydrogen (secondary N) is 2. The lowest BCUT2D eigenvalue weighted by atomic mass is 10.2. The zero-order chi connectivity index (χ0) is 16.9. The van der Waals surface area contributed by atoms with Crippen molar-refractivity contribution >= 4 is 29.3 Å². The second kappa shape index (κ2) is 7.53. The first-order valence-corrected chi connectivity index (χ1v) is 8.93. The smallest absolute Gasteiger partial charge is 0.251 e. The third kappa shape index (κ3) is 4.61. The molecule has 2 aromatic rings. The van der Waals surface area contributed by atoms with Crippen molar-refractivity contribution < 1.29 is 9.59 Å². The molecule has 0 bridgehead atoms. The fourth-order valence-electron chi connectivity index (χ4n) is 2.24. The second-order valence-electron chi connectivity index (χ2n) is 5.89. The van der Waals surface area contributed by atoms with Crippen LogP contribution in [0, 0.1) is 0 Å².